The zero-order valence-electron chi connectivity index (χ0n) is 10.3. The Kier molecular flexibility index (Phi) is 5.26. The molecule has 0 aromatic heterocycles. The number of benzene rings is 1. The molecular formula is C12H15NO5. The third-order valence-electron chi connectivity index (χ3n) is 2.40. The minimum absolute atomic E-state index is 0.0183. The van der Waals surface area contributed by atoms with Crippen LogP contribution in [-0.4, -0.2) is 30.7 Å². The second-order valence-electron chi connectivity index (χ2n) is 3.59. The van der Waals surface area contributed by atoms with Gasteiger partial charge in [-0.1, -0.05) is 12.1 Å². The van der Waals surface area contributed by atoms with E-state index in [1.807, 2.05) is 0 Å². The fourth-order valence-corrected chi connectivity index (χ4v) is 1.51. The van der Waals surface area contributed by atoms with Crippen LogP contribution in [0.3, 0.4) is 0 Å². The number of methoxy groups -OCH3 is 1. The van der Waals surface area contributed by atoms with E-state index in [1.165, 1.54) is 19.2 Å². The lowest BCUT2D eigenvalue weighted by molar-refractivity contribution is -0.384. The van der Waals surface area contributed by atoms with Crippen molar-refractivity contribution < 1.29 is 19.2 Å². The van der Waals surface area contributed by atoms with Crippen molar-refractivity contribution >= 4 is 11.7 Å². The maximum Gasteiger partial charge on any atom is 0.335 e. The molecule has 1 rings (SSSR count). The summed E-state index contributed by atoms with van der Waals surface area (Å²) in [4.78, 5) is 21.5. The highest BCUT2D eigenvalue weighted by atomic mass is 16.6. The largest absolute Gasteiger partial charge is 0.467 e. The summed E-state index contributed by atoms with van der Waals surface area (Å²) in [5.74, 6) is -0.449. The Hall–Kier alpha value is -1.95. The highest BCUT2D eigenvalue weighted by molar-refractivity contribution is 5.75. The standard InChI is InChI=1S/C12H15NO5/c1-3-18-11(12(14)17-2)8-9-4-6-10(7-5-9)13(15)16/h4-7,11H,3,8H2,1-2H3/t11-/m0/s1. The fraction of sp³-hybridized carbons (Fsp3) is 0.417. The minimum atomic E-state index is -0.679. The average Bonchev–Trinajstić information content (AvgIpc) is 2.38. The van der Waals surface area contributed by atoms with Crippen molar-refractivity contribution in [2.24, 2.45) is 0 Å². The maximum atomic E-state index is 11.4. The quantitative estimate of drug-likeness (QED) is 0.438. The minimum Gasteiger partial charge on any atom is -0.467 e. The third kappa shape index (κ3) is 3.81. The second kappa shape index (κ2) is 6.70. The number of esters is 1. The Morgan fingerprint density at radius 1 is 1.39 bits per heavy atom. The Labute approximate surface area is 105 Å². The molecule has 18 heavy (non-hydrogen) atoms. The molecule has 0 fully saturated rings. The Morgan fingerprint density at radius 2 is 2.00 bits per heavy atom. The molecule has 0 aliphatic heterocycles. The topological polar surface area (TPSA) is 78.7 Å². The molecule has 98 valence electrons. The van der Waals surface area contributed by atoms with E-state index in [1.54, 1.807) is 19.1 Å². The van der Waals surface area contributed by atoms with E-state index in [9.17, 15) is 14.9 Å². The SMILES string of the molecule is CCO[C@@H](Cc1ccc([N+](=O)[O-])cc1)C(=O)OC. The van der Waals surface area contributed by atoms with E-state index in [-0.39, 0.29) is 5.69 Å². The molecule has 0 radical (unpaired) electrons. The van der Waals surface area contributed by atoms with Crippen molar-refractivity contribution in [1.29, 1.82) is 0 Å². The van der Waals surface area contributed by atoms with Crippen LogP contribution in [0.15, 0.2) is 24.3 Å². The van der Waals surface area contributed by atoms with Gasteiger partial charge in [-0.2, -0.15) is 0 Å². The van der Waals surface area contributed by atoms with Gasteiger partial charge in [-0.15, -0.1) is 0 Å². The predicted molar refractivity (Wildman–Crippen MR) is 64.2 cm³/mol. The Balaban J connectivity index is 2.74. The summed E-state index contributed by atoms with van der Waals surface area (Å²) in [6.07, 6.45) is -0.347. The summed E-state index contributed by atoms with van der Waals surface area (Å²) in [5.41, 5.74) is 0.800. The maximum absolute atomic E-state index is 11.4. The van der Waals surface area contributed by atoms with Crippen molar-refractivity contribution in [3.8, 4) is 0 Å². The third-order valence-corrected chi connectivity index (χ3v) is 2.40. The lowest BCUT2D eigenvalue weighted by Gasteiger charge is -2.14. The van der Waals surface area contributed by atoms with Crippen LogP contribution >= 0.6 is 0 Å². The second-order valence-corrected chi connectivity index (χ2v) is 3.59. The Bertz CT molecular complexity index is 415. The van der Waals surface area contributed by atoms with Gasteiger partial charge in [-0.05, 0) is 12.5 Å². The first kappa shape index (κ1) is 14.1. The number of hydrogen-bond acceptors (Lipinski definition) is 5. The molecule has 0 aliphatic rings. The number of carbonyl (C=O) groups excluding carboxylic acids is 1. The number of nitro groups is 1. The number of rotatable bonds is 6. The summed E-state index contributed by atoms with van der Waals surface area (Å²) in [6.45, 7) is 2.18. The monoisotopic (exact) mass is 253 g/mol. The van der Waals surface area contributed by atoms with Gasteiger partial charge in [-0.3, -0.25) is 10.1 Å². The molecule has 6 nitrogen and oxygen atoms in total. The predicted octanol–water partition coefficient (Wildman–Crippen LogP) is 1.72. The molecule has 0 amide bonds. The number of carbonyl (C=O) groups is 1. The normalized spacial score (nSPS) is 11.9. The molecule has 0 bridgehead atoms. The van der Waals surface area contributed by atoms with E-state index in [0.29, 0.717) is 13.0 Å². The molecule has 0 spiro atoms. The zero-order chi connectivity index (χ0) is 13.5. The van der Waals surface area contributed by atoms with Gasteiger partial charge in [-0.25, -0.2) is 4.79 Å². The molecule has 0 heterocycles. The van der Waals surface area contributed by atoms with Gasteiger partial charge in [0.05, 0.1) is 12.0 Å². The number of nitro benzene ring substituents is 1. The van der Waals surface area contributed by atoms with Crippen LogP contribution in [0.2, 0.25) is 0 Å². The van der Waals surface area contributed by atoms with Crippen LogP contribution in [0.1, 0.15) is 12.5 Å². The molecular weight excluding hydrogens is 238 g/mol. The van der Waals surface area contributed by atoms with Gasteiger partial charge in [0, 0.05) is 25.2 Å². The van der Waals surface area contributed by atoms with Gasteiger partial charge in [0.15, 0.2) is 6.10 Å². The van der Waals surface area contributed by atoms with Crippen molar-refractivity contribution in [1.82, 2.24) is 0 Å². The molecule has 1 aromatic rings. The molecule has 0 saturated heterocycles. The molecule has 1 aromatic carbocycles. The summed E-state index contributed by atoms with van der Waals surface area (Å²) >= 11 is 0. The van der Waals surface area contributed by atoms with E-state index in [4.69, 9.17) is 4.74 Å². The van der Waals surface area contributed by atoms with Gasteiger partial charge >= 0.3 is 5.97 Å². The van der Waals surface area contributed by atoms with Crippen LogP contribution < -0.4 is 0 Å². The number of non-ortho nitro benzene ring substituents is 1. The first-order valence-corrected chi connectivity index (χ1v) is 5.51. The van der Waals surface area contributed by atoms with Crippen molar-refractivity contribution in [2.75, 3.05) is 13.7 Å². The summed E-state index contributed by atoms with van der Waals surface area (Å²) in [7, 11) is 1.30. The molecule has 1 atom stereocenters. The number of hydrogen-bond donors (Lipinski definition) is 0. The highest BCUT2D eigenvalue weighted by Gasteiger charge is 2.20. The van der Waals surface area contributed by atoms with Crippen molar-refractivity contribution in [3.63, 3.8) is 0 Å². The summed E-state index contributed by atoms with van der Waals surface area (Å²) in [5, 5.41) is 10.5. The lowest BCUT2D eigenvalue weighted by atomic mass is 10.1. The first-order valence-electron chi connectivity index (χ1n) is 5.51. The molecule has 0 saturated carbocycles. The van der Waals surface area contributed by atoms with Gasteiger partial charge < -0.3 is 9.47 Å². The fourth-order valence-electron chi connectivity index (χ4n) is 1.51. The molecule has 6 heteroatoms. The number of nitrogens with zero attached hydrogens (tertiary/aromatic N) is 1. The molecule has 0 unspecified atom stereocenters. The summed E-state index contributed by atoms with van der Waals surface area (Å²) < 4.78 is 9.89. The van der Waals surface area contributed by atoms with E-state index in [2.05, 4.69) is 4.74 Å². The van der Waals surface area contributed by atoms with Gasteiger partial charge in [0.25, 0.3) is 5.69 Å². The van der Waals surface area contributed by atoms with Gasteiger partial charge in [0.2, 0.25) is 0 Å². The highest BCUT2D eigenvalue weighted by Crippen LogP contribution is 2.14. The van der Waals surface area contributed by atoms with Crippen molar-refractivity contribution in [3.05, 3.63) is 39.9 Å². The van der Waals surface area contributed by atoms with Crippen molar-refractivity contribution in [2.45, 2.75) is 19.4 Å². The Morgan fingerprint density at radius 3 is 2.44 bits per heavy atom. The average molecular weight is 253 g/mol. The van der Waals surface area contributed by atoms with Crippen LogP contribution in [0.25, 0.3) is 0 Å². The van der Waals surface area contributed by atoms with E-state index in [0.717, 1.165) is 5.56 Å². The number of ether oxygens (including phenoxy) is 2. The zero-order valence-corrected chi connectivity index (χ0v) is 10.3. The van der Waals surface area contributed by atoms with Crippen LogP contribution in [0.4, 0.5) is 5.69 Å². The van der Waals surface area contributed by atoms with Gasteiger partial charge in [0.1, 0.15) is 0 Å². The van der Waals surface area contributed by atoms with Crippen LogP contribution in [0.5, 0.6) is 0 Å². The molecule has 0 N–H and O–H groups in total. The molecule has 0 aliphatic carbocycles. The van der Waals surface area contributed by atoms with Crippen LogP contribution in [-0.2, 0) is 20.7 Å². The first-order chi connectivity index (χ1) is 8.58. The van der Waals surface area contributed by atoms with E-state index >= 15 is 0 Å². The smallest absolute Gasteiger partial charge is 0.335 e. The lowest BCUT2D eigenvalue weighted by Crippen LogP contribution is -2.28. The van der Waals surface area contributed by atoms with E-state index < -0.39 is 17.0 Å². The van der Waals surface area contributed by atoms with Crippen LogP contribution in [0, 0.1) is 10.1 Å². The summed E-state index contributed by atoms with van der Waals surface area (Å²) in [6, 6.07) is 6.01.